The highest BCUT2D eigenvalue weighted by atomic mass is 35.5. The lowest BCUT2D eigenvalue weighted by Gasteiger charge is -2.39. The average molecular weight is 609 g/mol. The first-order valence-corrected chi connectivity index (χ1v) is 14.0. The van der Waals surface area contributed by atoms with E-state index in [9.17, 15) is 19.5 Å². The fourth-order valence-corrected chi connectivity index (χ4v) is 5.95. The van der Waals surface area contributed by atoms with E-state index in [-0.39, 0.29) is 19.0 Å². The maximum atomic E-state index is 14.2. The van der Waals surface area contributed by atoms with Crippen LogP contribution in [0.25, 0.3) is 0 Å². The van der Waals surface area contributed by atoms with Gasteiger partial charge in [0.05, 0.1) is 32.6 Å². The molecular formula is C32H37ClN4O6. The Bertz CT molecular complexity index is 1360. The van der Waals surface area contributed by atoms with E-state index >= 15 is 0 Å². The van der Waals surface area contributed by atoms with Gasteiger partial charge in [-0.25, -0.2) is 4.79 Å². The summed E-state index contributed by atoms with van der Waals surface area (Å²) in [5, 5.41) is 11.4. The summed E-state index contributed by atoms with van der Waals surface area (Å²) in [7, 11) is 2.87. The van der Waals surface area contributed by atoms with E-state index in [2.05, 4.69) is 9.80 Å². The molecule has 0 spiro atoms. The number of hydrogen-bond acceptors (Lipinski definition) is 8. The summed E-state index contributed by atoms with van der Waals surface area (Å²) >= 11 is 0. The van der Waals surface area contributed by atoms with Crippen molar-refractivity contribution in [2.24, 2.45) is 0 Å². The fourth-order valence-electron chi connectivity index (χ4n) is 5.95. The molecule has 0 saturated carbocycles. The zero-order valence-electron chi connectivity index (χ0n) is 24.3. The van der Waals surface area contributed by atoms with E-state index < -0.39 is 36.1 Å². The number of rotatable bonds is 10. The zero-order valence-corrected chi connectivity index (χ0v) is 25.1. The Hall–Kier alpha value is -4.12. The third-order valence-electron chi connectivity index (χ3n) is 7.98. The van der Waals surface area contributed by atoms with Crippen molar-refractivity contribution in [3.8, 4) is 5.75 Å². The molecule has 1 N–H and O–H groups in total. The molecule has 3 aromatic carbocycles. The molecule has 11 heteroatoms. The summed E-state index contributed by atoms with van der Waals surface area (Å²) in [5.41, 5.74) is 0.610. The molecule has 43 heavy (non-hydrogen) atoms. The topological polar surface area (TPSA) is 103 Å². The number of hydrogen-bond donors (Lipinski definition) is 1. The molecule has 5 rings (SSSR count). The van der Waals surface area contributed by atoms with Crippen molar-refractivity contribution in [1.82, 2.24) is 14.7 Å². The second-order valence-electron chi connectivity index (χ2n) is 10.4. The van der Waals surface area contributed by atoms with Gasteiger partial charge in [0.1, 0.15) is 12.3 Å². The van der Waals surface area contributed by atoms with Crippen molar-refractivity contribution >= 4 is 36.0 Å². The minimum absolute atomic E-state index is 0. The number of esters is 1. The summed E-state index contributed by atoms with van der Waals surface area (Å²) in [4.78, 5) is 47.1. The summed E-state index contributed by atoms with van der Waals surface area (Å²) < 4.78 is 10.3. The number of methoxy groups -OCH3 is 2. The lowest BCUT2D eigenvalue weighted by Crippen LogP contribution is -2.53. The number of aliphatic hydroxyl groups excluding tert-OH is 1. The van der Waals surface area contributed by atoms with Crippen LogP contribution in [0.3, 0.4) is 0 Å². The molecule has 0 bridgehead atoms. The van der Waals surface area contributed by atoms with Crippen molar-refractivity contribution in [2.45, 2.75) is 11.6 Å². The van der Waals surface area contributed by atoms with Crippen molar-refractivity contribution in [2.75, 3.05) is 64.9 Å². The van der Waals surface area contributed by atoms with Crippen LogP contribution in [0.5, 0.6) is 5.75 Å². The molecule has 10 nitrogen and oxygen atoms in total. The van der Waals surface area contributed by atoms with Gasteiger partial charge in [-0.05, 0) is 23.3 Å². The Balaban J connectivity index is 0.00000423. The highest BCUT2D eigenvalue weighted by Crippen LogP contribution is 2.43. The van der Waals surface area contributed by atoms with Gasteiger partial charge in [-0.3, -0.25) is 24.3 Å². The first kappa shape index (κ1) is 31.8. The van der Waals surface area contributed by atoms with Crippen LogP contribution in [0.1, 0.15) is 11.1 Å². The number of halogens is 1. The minimum Gasteiger partial charge on any atom is -0.495 e. The van der Waals surface area contributed by atoms with E-state index in [0.717, 1.165) is 29.4 Å². The zero-order chi connectivity index (χ0) is 29.7. The van der Waals surface area contributed by atoms with Gasteiger partial charge in [-0.2, -0.15) is 0 Å². The van der Waals surface area contributed by atoms with Crippen LogP contribution >= 0.6 is 12.4 Å². The molecule has 2 heterocycles. The fraction of sp³-hybridized carbons (Fsp3) is 0.344. The Morgan fingerprint density at radius 3 is 1.95 bits per heavy atom. The summed E-state index contributed by atoms with van der Waals surface area (Å²) in [6.45, 7) is 2.59. The maximum Gasteiger partial charge on any atom is 0.328 e. The van der Waals surface area contributed by atoms with Gasteiger partial charge in [0.2, 0.25) is 0 Å². The third kappa shape index (κ3) is 6.17. The number of carbonyl (C=O) groups is 3. The third-order valence-corrected chi connectivity index (χ3v) is 7.98. The molecule has 2 aliphatic heterocycles. The summed E-state index contributed by atoms with van der Waals surface area (Å²) in [6.07, 6.45) is -0.954. The second kappa shape index (κ2) is 13.9. The molecule has 3 amide bonds. The first-order valence-electron chi connectivity index (χ1n) is 14.0. The molecule has 228 valence electrons. The van der Waals surface area contributed by atoms with Crippen molar-refractivity contribution in [3.63, 3.8) is 0 Å². The number of imide groups is 1. The first-order chi connectivity index (χ1) is 20.4. The molecule has 2 fully saturated rings. The average Bonchev–Trinajstić information content (AvgIpc) is 3.23. The van der Waals surface area contributed by atoms with Crippen LogP contribution in [-0.2, 0) is 19.9 Å². The molecule has 3 aromatic rings. The highest BCUT2D eigenvalue weighted by Gasteiger charge is 2.60. The molecule has 2 aliphatic rings. The number of benzene rings is 3. The summed E-state index contributed by atoms with van der Waals surface area (Å²) in [5.74, 6) is -0.451. The number of aliphatic hydroxyl groups is 1. The van der Waals surface area contributed by atoms with Gasteiger partial charge in [-0.1, -0.05) is 72.8 Å². The Morgan fingerprint density at radius 2 is 1.40 bits per heavy atom. The Labute approximate surface area is 257 Å². The van der Waals surface area contributed by atoms with E-state index in [1.165, 1.54) is 12.0 Å². The van der Waals surface area contributed by atoms with Crippen LogP contribution in [-0.4, -0.2) is 104 Å². The van der Waals surface area contributed by atoms with Gasteiger partial charge in [0.15, 0.2) is 5.54 Å². The van der Waals surface area contributed by atoms with Gasteiger partial charge < -0.3 is 19.5 Å². The Kier molecular flexibility index (Phi) is 10.3. The van der Waals surface area contributed by atoms with Crippen molar-refractivity contribution in [3.05, 3.63) is 96.1 Å². The lowest BCUT2D eigenvalue weighted by atomic mass is 9.81. The largest absolute Gasteiger partial charge is 0.495 e. The highest BCUT2D eigenvalue weighted by molar-refractivity contribution is 6.11. The number of β-amino-alcohol motifs (C(OH)–C–C–N with tert-alkyl or cyclic N) is 1. The predicted molar refractivity (Wildman–Crippen MR) is 164 cm³/mol. The quantitative estimate of drug-likeness (QED) is 0.277. The molecule has 2 saturated heterocycles. The normalized spacial score (nSPS) is 17.4. The van der Waals surface area contributed by atoms with E-state index in [1.807, 2.05) is 36.4 Å². The number of ether oxygens (including phenoxy) is 2. The number of nitrogens with zero attached hydrogens (tertiary/aromatic N) is 4. The SMILES string of the molecule is COC(=O)CN1C(=O)N(CC(O)CN2CCN(c3ccccc3OC)CC2)C(c2ccccc2)(c2ccccc2)C1=O.Cl. The standard InChI is InChI=1S/C32H36N4O6.ClH/c1-41-28-16-10-9-15-27(28)34-19-17-33(18-20-34)21-26(37)22-36-31(40)35(23-29(38)42-2)30(39)32(36,24-11-5-3-6-12-24)25-13-7-4-8-14-25;/h3-16,26,37H,17-23H2,1-2H3;1H. The number of amides is 3. The number of para-hydroxylation sites is 2. The number of piperazine rings is 1. The smallest absolute Gasteiger partial charge is 0.328 e. The summed E-state index contributed by atoms with van der Waals surface area (Å²) in [6, 6.07) is 25.3. The molecule has 0 aromatic heterocycles. The monoisotopic (exact) mass is 608 g/mol. The van der Waals surface area contributed by atoms with Crippen LogP contribution in [0.15, 0.2) is 84.9 Å². The van der Waals surface area contributed by atoms with E-state index in [0.29, 0.717) is 30.8 Å². The van der Waals surface area contributed by atoms with Crippen molar-refractivity contribution < 1.29 is 29.0 Å². The number of anilines is 1. The molecule has 0 aliphatic carbocycles. The van der Waals surface area contributed by atoms with Crippen LogP contribution < -0.4 is 9.64 Å². The minimum atomic E-state index is -1.56. The predicted octanol–water partition coefficient (Wildman–Crippen LogP) is 2.98. The van der Waals surface area contributed by atoms with E-state index in [4.69, 9.17) is 9.47 Å². The van der Waals surface area contributed by atoms with Crippen LogP contribution in [0, 0.1) is 0 Å². The number of carbonyl (C=O) groups excluding carboxylic acids is 3. The lowest BCUT2D eigenvalue weighted by molar-refractivity contribution is -0.145. The number of urea groups is 1. The molecule has 1 unspecified atom stereocenters. The van der Waals surface area contributed by atoms with Gasteiger partial charge >= 0.3 is 12.0 Å². The van der Waals surface area contributed by atoms with Crippen LogP contribution in [0.2, 0.25) is 0 Å². The Morgan fingerprint density at radius 1 is 0.837 bits per heavy atom. The van der Waals surface area contributed by atoms with Crippen LogP contribution in [0.4, 0.5) is 10.5 Å². The molecule has 0 radical (unpaired) electrons. The maximum absolute atomic E-state index is 14.2. The van der Waals surface area contributed by atoms with Gasteiger partial charge in [-0.15, -0.1) is 12.4 Å². The van der Waals surface area contributed by atoms with E-state index in [1.54, 1.807) is 55.6 Å². The molecular weight excluding hydrogens is 572 g/mol. The molecule has 1 atom stereocenters. The second-order valence-corrected chi connectivity index (χ2v) is 10.4. The van der Waals surface area contributed by atoms with Crippen molar-refractivity contribution in [1.29, 1.82) is 0 Å². The van der Waals surface area contributed by atoms with Gasteiger partial charge in [0, 0.05) is 32.7 Å². The van der Waals surface area contributed by atoms with Gasteiger partial charge in [0.25, 0.3) is 5.91 Å².